The van der Waals surface area contributed by atoms with Crippen molar-refractivity contribution in [2.24, 2.45) is 5.92 Å². The first-order valence-electron chi connectivity index (χ1n) is 17.4. The molecule has 1 saturated heterocycles. The molecule has 10 heteroatoms. The number of ether oxygens (including phenoxy) is 2. The molecule has 2 fully saturated rings. The van der Waals surface area contributed by atoms with Gasteiger partial charge in [-0.3, -0.25) is 14.5 Å². The van der Waals surface area contributed by atoms with Crippen molar-refractivity contribution >= 4 is 35.0 Å². The maximum atomic E-state index is 11.7. The molecule has 7 rings (SSSR count). The minimum Gasteiger partial charge on any atom is -0.481 e. The van der Waals surface area contributed by atoms with Crippen LogP contribution in [0, 0.1) is 5.92 Å². The zero-order chi connectivity index (χ0) is 34.8. The number of nitrogens with zero attached hydrogens (tertiary/aromatic N) is 2. The van der Waals surface area contributed by atoms with Gasteiger partial charge in [0.25, 0.3) is 0 Å². The van der Waals surface area contributed by atoms with Gasteiger partial charge in [-0.15, -0.1) is 0 Å². The fourth-order valence-corrected chi connectivity index (χ4v) is 8.31. The van der Waals surface area contributed by atoms with Crippen molar-refractivity contribution in [2.75, 3.05) is 20.2 Å². The van der Waals surface area contributed by atoms with E-state index in [-0.39, 0.29) is 6.10 Å². The van der Waals surface area contributed by atoms with Gasteiger partial charge in [-0.2, -0.15) is 4.98 Å². The Morgan fingerprint density at radius 1 is 0.980 bits per heavy atom. The molecule has 2 N–H and O–H groups in total. The number of carboxylic acid groups (broad SMARTS) is 1. The quantitative estimate of drug-likeness (QED) is 0.151. The van der Waals surface area contributed by atoms with Crippen LogP contribution in [0.25, 0.3) is 22.3 Å². The Kier molecular flexibility index (Phi) is 10.4. The van der Waals surface area contributed by atoms with Crippen molar-refractivity contribution in [1.29, 1.82) is 0 Å². The molecule has 260 valence electrons. The smallest absolute Gasteiger partial charge is 0.320 e. The first-order chi connectivity index (χ1) is 24.3. The Balaban J connectivity index is 1.07. The van der Waals surface area contributed by atoms with Gasteiger partial charge in [-0.05, 0) is 85.0 Å². The molecule has 3 aliphatic rings. The fourth-order valence-electron chi connectivity index (χ4n) is 7.76. The number of pyridine rings is 1. The Morgan fingerprint density at radius 3 is 2.52 bits per heavy atom. The number of carbonyl (C=O) groups is 2. The van der Waals surface area contributed by atoms with E-state index in [1.54, 1.807) is 13.2 Å². The van der Waals surface area contributed by atoms with Crippen LogP contribution in [-0.4, -0.2) is 53.0 Å². The number of ketones is 1. The number of carboxylic acids is 1. The van der Waals surface area contributed by atoms with Crippen molar-refractivity contribution in [3.63, 3.8) is 0 Å². The van der Waals surface area contributed by atoms with Crippen LogP contribution in [-0.2, 0) is 29.1 Å². The standard InChI is InChI=1S/C40H41Cl2N3O5/c1-49-38-27(23-45-18-4-9-35(45)40(47)48)20-34(41)39(44-38)50-36-17-16-31-30(6-3-7-32(31)36)33-8-2-5-29(37(33)42)26-13-10-24(11-14-26)21-43-22-25-12-15-28(46)19-25/h2-3,5-8,10-11,13-14,20,25,35-36,43H,4,9,12,15-19,21-23H2,1H3,(H,47,48)/t25-,35-,36+/m1/s1. The van der Waals surface area contributed by atoms with Gasteiger partial charge in [-0.1, -0.05) is 83.9 Å². The average molecular weight is 715 g/mol. The molecule has 1 aliphatic heterocycles. The molecular weight excluding hydrogens is 673 g/mol. The molecule has 2 heterocycles. The zero-order valence-electron chi connectivity index (χ0n) is 28.1. The molecule has 3 atom stereocenters. The maximum absolute atomic E-state index is 11.7. The number of halogens is 2. The van der Waals surface area contributed by atoms with E-state index in [1.807, 2.05) is 11.0 Å². The van der Waals surface area contributed by atoms with E-state index in [0.29, 0.717) is 59.4 Å². The topological polar surface area (TPSA) is 101 Å². The second-order valence-electron chi connectivity index (χ2n) is 13.6. The van der Waals surface area contributed by atoms with Gasteiger partial charge in [0, 0.05) is 42.6 Å². The maximum Gasteiger partial charge on any atom is 0.320 e. The second-order valence-corrected chi connectivity index (χ2v) is 14.4. The van der Waals surface area contributed by atoms with E-state index in [4.69, 9.17) is 32.7 Å². The highest BCUT2D eigenvalue weighted by Crippen LogP contribution is 2.45. The number of hydrogen-bond acceptors (Lipinski definition) is 7. The number of aromatic nitrogens is 1. The lowest BCUT2D eigenvalue weighted by molar-refractivity contribution is -0.142. The molecule has 50 heavy (non-hydrogen) atoms. The summed E-state index contributed by atoms with van der Waals surface area (Å²) in [4.78, 5) is 29.8. The molecule has 0 bridgehead atoms. The van der Waals surface area contributed by atoms with E-state index in [2.05, 4.69) is 64.9 Å². The van der Waals surface area contributed by atoms with E-state index in [0.717, 1.165) is 78.6 Å². The van der Waals surface area contributed by atoms with Crippen LogP contribution in [0.1, 0.15) is 66.9 Å². The number of nitrogens with one attached hydrogen (secondary N) is 1. The summed E-state index contributed by atoms with van der Waals surface area (Å²) < 4.78 is 12.1. The van der Waals surface area contributed by atoms with Crippen molar-refractivity contribution in [3.8, 4) is 34.0 Å². The van der Waals surface area contributed by atoms with Crippen molar-refractivity contribution in [2.45, 2.75) is 70.2 Å². The number of aliphatic carboxylic acids is 1. The molecule has 1 aromatic heterocycles. The van der Waals surface area contributed by atoms with E-state index >= 15 is 0 Å². The number of Topliss-reactive ketones (excluding diaryl/α,β-unsaturated/α-hetero) is 1. The molecule has 1 saturated carbocycles. The van der Waals surface area contributed by atoms with E-state index < -0.39 is 12.0 Å². The summed E-state index contributed by atoms with van der Waals surface area (Å²) in [5.74, 6) is 0.685. The summed E-state index contributed by atoms with van der Waals surface area (Å²) in [5, 5.41) is 14.2. The van der Waals surface area contributed by atoms with Crippen LogP contribution in [0.4, 0.5) is 0 Å². The summed E-state index contributed by atoms with van der Waals surface area (Å²) in [7, 11) is 1.55. The Labute approximate surface area is 302 Å². The van der Waals surface area contributed by atoms with Crippen LogP contribution in [0.3, 0.4) is 0 Å². The molecule has 2 aliphatic carbocycles. The third-order valence-electron chi connectivity index (χ3n) is 10.3. The number of hydrogen-bond donors (Lipinski definition) is 2. The third-order valence-corrected chi connectivity index (χ3v) is 11.0. The van der Waals surface area contributed by atoms with Crippen LogP contribution < -0.4 is 14.8 Å². The summed E-state index contributed by atoms with van der Waals surface area (Å²) in [6.45, 7) is 2.71. The van der Waals surface area contributed by atoms with Crippen LogP contribution in [0.5, 0.6) is 11.8 Å². The molecule has 0 spiro atoms. The molecule has 8 nitrogen and oxygen atoms in total. The lowest BCUT2D eigenvalue weighted by Crippen LogP contribution is -2.35. The van der Waals surface area contributed by atoms with Gasteiger partial charge in [0.15, 0.2) is 0 Å². The monoisotopic (exact) mass is 713 g/mol. The summed E-state index contributed by atoms with van der Waals surface area (Å²) in [6, 6.07) is 22.2. The number of fused-ring (bicyclic) bond motifs is 1. The van der Waals surface area contributed by atoms with Crippen LogP contribution >= 0.6 is 23.2 Å². The lowest BCUT2D eigenvalue weighted by atomic mass is 9.93. The minimum absolute atomic E-state index is 0.252. The number of methoxy groups -OCH3 is 1. The highest BCUT2D eigenvalue weighted by atomic mass is 35.5. The van der Waals surface area contributed by atoms with Gasteiger partial charge in [0.05, 0.1) is 12.1 Å². The summed E-state index contributed by atoms with van der Waals surface area (Å²) in [6.07, 6.45) is 5.18. The van der Waals surface area contributed by atoms with E-state index in [9.17, 15) is 14.7 Å². The first kappa shape index (κ1) is 34.5. The van der Waals surface area contributed by atoms with Crippen molar-refractivity contribution < 1.29 is 24.2 Å². The molecule has 0 unspecified atom stereocenters. The van der Waals surface area contributed by atoms with Gasteiger partial charge in [-0.25, -0.2) is 0 Å². The largest absolute Gasteiger partial charge is 0.481 e. The first-order valence-corrected chi connectivity index (χ1v) is 18.1. The Hall–Kier alpha value is -3.95. The fraction of sp³-hybridized carbons (Fsp3) is 0.375. The summed E-state index contributed by atoms with van der Waals surface area (Å²) in [5.41, 5.74) is 8.27. The van der Waals surface area contributed by atoms with Gasteiger partial charge in [0.1, 0.15) is 23.0 Å². The van der Waals surface area contributed by atoms with Crippen molar-refractivity contribution in [3.05, 3.63) is 99.0 Å². The molecular formula is C40H41Cl2N3O5. The number of benzene rings is 3. The second kappa shape index (κ2) is 15.1. The van der Waals surface area contributed by atoms with Crippen LogP contribution in [0.2, 0.25) is 10.0 Å². The third kappa shape index (κ3) is 7.26. The number of rotatable bonds is 12. The number of likely N-dealkylation sites (tertiary alicyclic amines) is 1. The van der Waals surface area contributed by atoms with Crippen molar-refractivity contribution in [1.82, 2.24) is 15.2 Å². The molecule has 4 aromatic rings. The Bertz CT molecular complexity index is 1900. The minimum atomic E-state index is -0.818. The predicted octanol–water partition coefficient (Wildman–Crippen LogP) is 8.31. The number of carbonyl (C=O) groups excluding carboxylic acids is 1. The van der Waals surface area contributed by atoms with E-state index in [1.165, 1.54) is 11.1 Å². The highest BCUT2D eigenvalue weighted by Gasteiger charge is 2.32. The predicted molar refractivity (Wildman–Crippen MR) is 195 cm³/mol. The molecule has 0 amide bonds. The van der Waals surface area contributed by atoms with Gasteiger partial charge >= 0.3 is 5.97 Å². The summed E-state index contributed by atoms with van der Waals surface area (Å²) >= 11 is 13.9. The highest BCUT2D eigenvalue weighted by molar-refractivity contribution is 6.36. The zero-order valence-corrected chi connectivity index (χ0v) is 29.6. The normalized spacial score (nSPS) is 20.3. The molecule has 3 aromatic carbocycles. The SMILES string of the molecule is COc1nc(O[C@H]2CCc3c(-c4cccc(-c5ccc(CNC[C@@H]6CCC(=O)C6)cc5)c4Cl)cccc32)c(Cl)cc1CN1CCC[C@@H]1C(=O)O. The van der Waals surface area contributed by atoms with Crippen LogP contribution in [0.15, 0.2) is 66.7 Å². The Morgan fingerprint density at radius 2 is 1.76 bits per heavy atom. The van der Waals surface area contributed by atoms with Gasteiger partial charge in [0.2, 0.25) is 11.8 Å². The van der Waals surface area contributed by atoms with Gasteiger partial charge < -0.3 is 19.9 Å². The lowest BCUT2D eigenvalue weighted by Gasteiger charge is -2.23. The average Bonchev–Trinajstić information content (AvgIpc) is 3.87. The molecule has 0 radical (unpaired) electrons.